The number of likely N-dealkylation sites (tertiary alicyclic amines) is 1. The Kier molecular flexibility index (Phi) is 4.64. The van der Waals surface area contributed by atoms with E-state index in [1.807, 2.05) is 0 Å². The number of hydrogen-bond donors (Lipinski definition) is 1. The van der Waals surface area contributed by atoms with E-state index in [1.165, 1.54) is 18.0 Å². The molecule has 1 aliphatic heterocycles. The maximum Gasteiger partial charge on any atom is 0.326 e. The third-order valence-corrected chi connectivity index (χ3v) is 6.55. The van der Waals surface area contributed by atoms with Gasteiger partial charge in [-0.25, -0.2) is 13.2 Å². The molecule has 21 heavy (non-hydrogen) atoms. The number of carbonyl (C=O) groups excluding carboxylic acids is 1. The zero-order valence-corrected chi connectivity index (χ0v) is 13.1. The SMILES string of the molecule is CN(CC(=O)N1CCC[C@@H]1C(=O)O)S(=O)(=O)c1cccs1. The Bertz CT molecular complexity index is 626. The van der Waals surface area contributed by atoms with Gasteiger partial charge in [-0.3, -0.25) is 4.79 Å². The van der Waals surface area contributed by atoms with Crippen molar-refractivity contribution in [1.82, 2.24) is 9.21 Å². The van der Waals surface area contributed by atoms with Gasteiger partial charge in [-0.15, -0.1) is 11.3 Å². The highest BCUT2D eigenvalue weighted by molar-refractivity contribution is 7.91. The second kappa shape index (κ2) is 6.12. The minimum Gasteiger partial charge on any atom is -0.480 e. The maximum absolute atomic E-state index is 12.2. The molecule has 116 valence electrons. The third-order valence-electron chi connectivity index (χ3n) is 3.38. The number of amides is 1. The number of nitrogens with zero attached hydrogens (tertiary/aromatic N) is 2. The van der Waals surface area contributed by atoms with Gasteiger partial charge in [-0.1, -0.05) is 6.07 Å². The molecular formula is C12H16N2O5S2. The smallest absolute Gasteiger partial charge is 0.326 e. The Morgan fingerprint density at radius 1 is 1.52 bits per heavy atom. The molecule has 9 heteroatoms. The lowest BCUT2D eigenvalue weighted by molar-refractivity contribution is -0.148. The largest absolute Gasteiger partial charge is 0.480 e. The van der Waals surface area contributed by atoms with Crippen molar-refractivity contribution in [2.45, 2.75) is 23.1 Å². The van der Waals surface area contributed by atoms with Crippen LogP contribution >= 0.6 is 11.3 Å². The number of hydrogen-bond acceptors (Lipinski definition) is 5. The summed E-state index contributed by atoms with van der Waals surface area (Å²) >= 11 is 1.07. The Morgan fingerprint density at radius 2 is 2.24 bits per heavy atom. The van der Waals surface area contributed by atoms with Crippen LogP contribution in [0.5, 0.6) is 0 Å². The van der Waals surface area contributed by atoms with Gasteiger partial charge in [-0.2, -0.15) is 4.31 Å². The molecule has 7 nitrogen and oxygen atoms in total. The number of carboxylic acid groups (broad SMARTS) is 1. The fraction of sp³-hybridized carbons (Fsp3) is 0.500. The minimum atomic E-state index is -3.70. The highest BCUT2D eigenvalue weighted by Gasteiger charge is 2.35. The molecule has 0 bridgehead atoms. The zero-order valence-electron chi connectivity index (χ0n) is 11.4. The van der Waals surface area contributed by atoms with Crippen molar-refractivity contribution >= 4 is 33.2 Å². The number of aliphatic carboxylic acids is 1. The number of rotatable bonds is 5. The second-order valence-electron chi connectivity index (χ2n) is 4.78. The Balaban J connectivity index is 2.07. The summed E-state index contributed by atoms with van der Waals surface area (Å²) in [5.74, 6) is -1.54. The van der Waals surface area contributed by atoms with Crippen LogP contribution in [0.3, 0.4) is 0 Å². The molecule has 1 saturated heterocycles. The minimum absolute atomic E-state index is 0.161. The van der Waals surface area contributed by atoms with Crippen molar-refractivity contribution in [3.8, 4) is 0 Å². The van der Waals surface area contributed by atoms with Crippen molar-refractivity contribution in [2.75, 3.05) is 20.1 Å². The molecule has 0 aliphatic carbocycles. The lowest BCUT2D eigenvalue weighted by Gasteiger charge is -2.24. The average molecular weight is 332 g/mol. The number of carbonyl (C=O) groups is 2. The Labute approximate surface area is 126 Å². The summed E-state index contributed by atoms with van der Waals surface area (Å²) in [5, 5.41) is 10.7. The molecule has 0 unspecified atom stereocenters. The lowest BCUT2D eigenvalue weighted by atomic mass is 10.2. The molecule has 1 fully saturated rings. The predicted molar refractivity (Wildman–Crippen MR) is 76.5 cm³/mol. The Morgan fingerprint density at radius 3 is 2.81 bits per heavy atom. The molecule has 0 aromatic carbocycles. The summed E-state index contributed by atoms with van der Waals surface area (Å²) in [4.78, 5) is 24.4. The van der Waals surface area contributed by atoms with Gasteiger partial charge in [-0.05, 0) is 24.3 Å². The van der Waals surface area contributed by atoms with E-state index in [-0.39, 0.29) is 10.8 Å². The monoisotopic (exact) mass is 332 g/mol. The number of thiophene rings is 1. The highest BCUT2D eigenvalue weighted by atomic mass is 32.2. The summed E-state index contributed by atoms with van der Waals surface area (Å²) in [7, 11) is -2.38. The van der Waals surface area contributed by atoms with Crippen LogP contribution in [-0.4, -0.2) is 60.8 Å². The predicted octanol–water partition coefficient (Wildman–Crippen LogP) is 0.444. The highest BCUT2D eigenvalue weighted by Crippen LogP contribution is 2.21. The molecule has 2 heterocycles. The Hall–Kier alpha value is -1.45. The van der Waals surface area contributed by atoms with Crippen LogP contribution < -0.4 is 0 Å². The van der Waals surface area contributed by atoms with Gasteiger partial charge >= 0.3 is 5.97 Å². The van der Waals surface area contributed by atoms with Gasteiger partial charge < -0.3 is 10.0 Å². The van der Waals surface area contributed by atoms with Crippen LogP contribution in [-0.2, 0) is 19.6 Å². The molecule has 1 aliphatic rings. The van der Waals surface area contributed by atoms with E-state index in [0.29, 0.717) is 19.4 Å². The molecule has 0 spiro atoms. The maximum atomic E-state index is 12.2. The molecule has 1 N–H and O–H groups in total. The molecule has 2 rings (SSSR count). The quantitative estimate of drug-likeness (QED) is 0.844. The van der Waals surface area contributed by atoms with Crippen molar-refractivity contribution in [3.63, 3.8) is 0 Å². The molecular weight excluding hydrogens is 316 g/mol. The number of likely N-dealkylation sites (N-methyl/N-ethyl adjacent to an activating group) is 1. The third kappa shape index (κ3) is 3.25. The van der Waals surface area contributed by atoms with Gasteiger partial charge in [0.25, 0.3) is 10.0 Å². The average Bonchev–Trinajstić information content (AvgIpc) is 3.09. The van der Waals surface area contributed by atoms with Crippen LogP contribution in [0.1, 0.15) is 12.8 Å². The second-order valence-corrected chi connectivity index (χ2v) is 8.00. The zero-order chi connectivity index (χ0) is 15.6. The van der Waals surface area contributed by atoms with Crippen LogP contribution in [0.25, 0.3) is 0 Å². The first kappa shape index (κ1) is 15.9. The van der Waals surface area contributed by atoms with Crippen molar-refractivity contribution in [3.05, 3.63) is 17.5 Å². The fourth-order valence-electron chi connectivity index (χ4n) is 2.25. The van der Waals surface area contributed by atoms with Gasteiger partial charge in [0, 0.05) is 13.6 Å². The molecule has 1 atom stereocenters. The standard InChI is InChI=1S/C12H16N2O5S2/c1-13(21(18,19)11-5-3-7-20-11)8-10(15)14-6-2-4-9(14)12(16)17/h3,5,7,9H,2,4,6,8H2,1H3,(H,16,17)/t9-/m1/s1. The van der Waals surface area contributed by atoms with E-state index in [9.17, 15) is 18.0 Å². The van der Waals surface area contributed by atoms with E-state index in [0.717, 1.165) is 15.6 Å². The molecule has 0 saturated carbocycles. The van der Waals surface area contributed by atoms with Crippen LogP contribution in [0.4, 0.5) is 0 Å². The topological polar surface area (TPSA) is 95.0 Å². The van der Waals surface area contributed by atoms with Crippen LogP contribution in [0.2, 0.25) is 0 Å². The fourth-order valence-corrected chi connectivity index (χ4v) is 4.57. The van der Waals surface area contributed by atoms with Crippen LogP contribution in [0, 0.1) is 0 Å². The first-order valence-electron chi connectivity index (χ1n) is 6.36. The molecule has 1 aromatic heterocycles. The van der Waals surface area contributed by atoms with E-state index >= 15 is 0 Å². The van der Waals surface area contributed by atoms with E-state index in [2.05, 4.69) is 0 Å². The van der Waals surface area contributed by atoms with Gasteiger partial charge in [0.1, 0.15) is 10.3 Å². The van der Waals surface area contributed by atoms with E-state index in [4.69, 9.17) is 5.11 Å². The van der Waals surface area contributed by atoms with Crippen molar-refractivity contribution in [2.24, 2.45) is 0 Å². The summed E-state index contributed by atoms with van der Waals surface area (Å²) in [6, 6.07) is 2.24. The summed E-state index contributed by atoms with van der Waals surface area (Å²) in [5.41, 5.74) is 0. The van der Waals surface area contributed by atoms with Gasteiger partial charge in [0.05, 0.1) is 6.54 Å². The first-order chi connectivity index (χ1) is 9.84. The summed E-state index contributed by atoms with van der Waals surface area (Å²) < 4.78 is 25.5. The van der Waals surface area contributed by atoms with Crippen molar-refractivity contribution < 1.29 is 23.1 Å². The van der Waals surface area contributed by atoms with Crippen LogP contribution in [0.15, 0.2) is 21.7 Å². The molecule has 1 amide bonds. The molecule has 1 aromatic rings. The summed E-state index contributed by atoms with van der Waals surface area (Å²) in [6.45, 7) is -0.00724. The van der Waals surface area contributed by atoms with Gasteiger partial charge in [0.2, 0.25) is 5.91 Å². The summed E-state index contributed by atoms with van der Waals surface area (Å²) in [6.07, 6.45) is 1.02. The van der Waals surface area contributed by atoms with Crippen molar-refractivity contribution in [1.29, 1.82) is 0 Å². The number of sulfonamides is 1. The van der Waals surface area contributed by atoms with E-state index in [1.54, 1.807) is 11.4 Å². The first-order valence-corrected chi connectivity index (χ1v) is 8.68. The van der Waals surface area contributed by atoms with E-state index < -0.39 is 27.9 Å². The number of carboxylic acids is 1. The lowest BCUT2D eigenvalue weighted by Crippen LogP contribution is -2.45. The van der Waals surface area contributed by atoms with Gasteiger partial charge in [0.15, 0.2) is 0 Å². The molecule has 0 radical (unpaired) electrons. The normalized spacial score (nSPS) is 19.1.